The van der Waals surface area contributed by atoms with Gasteiger partial charge in [-0.25, -0.2) is 4.98 Å². The first-order valence-electron chi connectivity index (χ1n) is 10.8. The second-order valence-corrected chi connectivity index (χ2v) is 8.25. The van der Waals surface area contributed by atoms with E-state index in [0.717, 1.165) is 24.0 Å². The third-order valence-corrected chi connectivity index (χ3v) is 6.23. The Labute approximate surface area is 179 Å². The van der Waals surface area contributed by atoms with E-state index < -0.39 is 0 Å². The number of benzene rings is 2. The summed E-state index contributed by atoms with van der Waals surface area (Å²) in [4.78, 5) is 4.47. The largest absolute Gasteiger partial charge is 0.473 e. The Hall–Kier alpha value is -2.69. The third-order valence-electron chi connectivity index (χ3n) is 6.23. The van der Waals surface area contributed by atoms with Gasteiger partial charge < -0.3 is 15.2 Å². The van der Waals surface area contributed by atoms with Gasteiger partial charge in [-0.1, -0.05) is 67.4 Å². The summed E-state index contributed by atoms with van der Waals surface area (Å²) in [7, 11) is 0. The van der Waals surface area contributed by atoms with E-state index in [0.29, 0.717) is 19.0 Å². The van der Waals surface area contributed by atoms with Crippen molar-refractivity contribution < 1.29 is 9.84 Å². The Morgan fingerprint density at radius 1 is 1.00 bits per heavy atom. The Kier molecular flexibility index (Phi) is 6.46. The monoisotopic (exact) mass is 402 g/mol. The minimum Gasteiger partial charge on any atom is -0.473 e. The number of aliphatic hydroxyl groups is 1. The third kappa shape index (κ3) is 4.72. The fourth-order valence-electron chi connectivity index (χ4n) is 4.25. The molecular formula is C26H30N2O2. The summed E-state index contributed by atoms with van der Waals surface area (Å²) in [6, 6.07) is 20.7. The summed E-state index contributed by atoms with van der Waals surface area (Å²) >= 11 is 0. The van der Waals surface area contributed by atoms with Crippen LogP contribution in [0.25, 0.3) is 11.1 Å². The first-order valence-corrected chi connectivity index (χ1v) is 10.8. The van der Waals surface area contributed by atoms with Gasteiger partial charge >= 0.3 is 0 Å². The highest BCUT2D eigenvalue weighted by Gasteiger charge is 2.32. The van der Waals surface area contributed by atoms with Crippen molar-refractivity contribution in [2.75, 3.05) is 6.61 Å². The topological polar surface area (TPSA) is 54.4 Å². The van der Waals surface area contributed by atoms with Crippen molar-refractivity contribution in [3.63, 3.8) is 0 Å². The molecule has 2 aromatic carbocycles. The SMILES string of the molecule is Cc1c(COc2ccc(CNC3(CO)CCCC3)cn2)cccc1-c1ccccc1. The Morgan fingerprint density at radius 2 is 1.80 bits per heavy atom. The van der Waals surface area contributed by atoms with Gasteiger partial charge in [0.05, 0.1) is 6.61 Å². The van der Waals surface area contributed by atoms with Gasteiger partial charge in [0.15, 0.2) is 0 Å². The number of ether oxygens (including phenoxy) is 1. The van der Waals surface area contributed by atoms with Crippen LogP contribution in [0.2, 0.25) is 0 Å². The summed E-state index contributed by atoms with van der Waals surface area (Å²) in [5, 5.41) is 13.3. The lowest BCUT2D eigenvalue weighted by atomic mass is 9.97. The van der Waals surface area contributed by atoms with Gasteiger partial charge in [0, 0.05) is 24.3 Å². The van der Waals surface area contributed by atoms with Gasteiger partial charge in [0.25, 0.3) is 0 Å². The maximum Gasteiger partial charge on any atom is 0.213 e. The molecule has 30 heavy (non-hydrogen) atoms. The van der Waals surface area contributed by atoms with Crippen LogP contribution in [0, 0.1) is 6.92 Å². The van der Waals surface area contributed by atoms with Crippen molar-refractivity contribution >= 4 is 0 Å². The number of nitrogens with zero attached hydrogens (tertiary/aromatic N) is 1. The molecule has 3 aromatic rings. The first-order chi connectivity index (χ1) is 14.7. The summed E-state index contributed by atoms with van der Waals surface area (Å²) in [6.07, 6.45) is 6.31. The first kappa shape index (κ1) is 20.6. The van der Waals surface area contributed by atoms with Gasteiger partial charge in [0.1, 0.15) is 6.61 Å². The van der Waals surface area contributed by atoms with Crippen LogP contribution in [0.3, 0.4) is 0 Å². The van der Waals surface area contributed by atoms with Gasteiger partial charge in [-0.05, 0) is 47.6 Å². The van der Waals surface area contributed by atoms with E-state index >= 15 is 0 Å². The molecule has 0 aliphatic heterocycles. The number of hydrogen-bond donors (Lipinski definition) is 2. The van der Waals surface area contributed by atoms with E-state index in [1.54, 1.807) is 0 Å². The number of aliphatic hydroxyl groups excluding tert-OH is 1. The van der Waals surface area contributed by atoms with Crippen LogP contribution in [0.5, 0.6) is 5.88 Å². The van der Waals surface area contributed by atoms with E-state index in [-0.39, 0.29) is 12.1 Å². The summed E-state index contributed by atoms with van der Waals surface area (Å²) < 4.78 is 5.97. The van der Waals surface area contributed by atoms with Crippen LogP contribution in [0.1, 0.15) is 42.4 Å². The molecule has 156 valence electrons. The van der Waals surface area contributed by atoms with Crippen molar-refractivity contribution in [1.29, 1.82) is 0 Å². The molecule has 0 amide bonds. The number of nitrogens with one attached hydrogen (secondary N) is 1. The van der Waals surface area contributed by atoms with Crippen LogP contribution in [0.4, 0.5) is 0 Å². The Balaban J connectivity index is 1.37. The summed E-state index contributed by atoms with van der Waals surface area (Å²) in [6.45, 7) is 3.54. The predicted octanol–water partition coefficient (Wildman–Crippen LogP) is 5.03. The normalized spacial score (nSPS) is 15.3. The van der Waals surface area contributed by atoms with E-state index in [1.165, 1.54) is 29.5 Å². The summed E-state index contributed by atoms with van der Waals surface area (Å²) in [5.41, 5.74) is 5.83. The average Bonchev–Trinajstić information content (AvgIpc) is 3.28. The minimum absolute atomic E-state index is 0.115. The number of pyridine rings is 1. The van der Waals surface area contributed by atoms with Crippen LogP contribution in [0.15, 0.2) is 66.9 Å². The number of aromatic nitrogens is 1. The minimum atomic E-state index is -0.115. The molecule has 0 saturated heterocycles. The molecule has 4 rings (SSSR count). The van der Waals surface area contributed by atoms with E-state index in [1.807, 2.05) is 24.4 Å². The smallest absolute Gasteiger partial charge is 0.213 e. The molecular weight excluding hydrogens is 372 g/mol. The molecule has 2 N–H and O–H groups in total. The van der Waals surface area contributed by atoms with Crippen molar-refractivity contribution in [3.05, 3.63) is 83.6 Å². The highest BCUT2D eigenvalue weighted by atomic mass is 16.5. The Bertz CT molecular complexity index is 949. The fourth-order valence-corrected chi connectivity index (χ4v) is 4.25. The number of rotatable bonds is 8. The molecule has 0 radical (unpaired) electrons. The lowest BCUT2D eigenvalue weighted by molar-refractivity contribution is 0.163. The lowest BCUT2D eigenvalue weighted by Gasteiger charge is -2.28. The highest BCUT2D eigenvalue weighted by Crippen LogP contribution is 2.29. The van der Waals surface area contributed by atoms with E-state index in [2.05, 4.69) is 59.7 Å². The van der Waals surface area contributed by atoms with Crippen molar-refractivity contribution in [2.24, 2.45) is 0 Å². The maximum atomic E-state index is 9.73. The quantitative estimate of drug-likeness (QED) is 0.555. The van der Waals surface area contributed by atoms with Gasteiger partial charge in [-0.3, -0.25) is 0 Å². The molecule has 0 bridgehead atoms. The van der Waals surface area contributed by atoms with Crippen molar-refractivity contribution in [3.8, 4) is 17.0 Å². The molecule has 0 unspecified atom stereocenters. The molecule has 1 aliphatic carbocycles. The molecule has 1 aromatic heterocycles. The Morgan fingerprint density at radius 3 is 2.50 bits per heavy atom. The summed E-state index contributed by atoms with van der Waals surface area (Å²) in [5.74, 6) is 0.626. The number of hydrogen-bond acceptors (Lipinski definition) is 4. The molecule has 1 fully saturated rings. The molecule has 1 heterocycles. The standard InChI is InChI=1S/C26H30N2O2/c1-20-23(10-7-11-24(20)22-8-3-2-4-9-22)18-30-25-13-12-21(16-27-25)17-28-26(19-29)14-5-6-15-26/h2-4,7-13,16,28-29H,5-6,14-15,17-19H2,1H3. The molecule has 0 atom stereocenters. The lowest BCUT2D eigenvalue weighted by Crippen LogP contribution is -2.45. The molecule has 1 aliphatic rings. The molecule has 1 saturated carbocycles. The average molecular weight is 403 g/mol. The van der Waals surface area contributed by atoms with E-state index in [9.17, 15) is 5.11 Å². The van der Waals surface area contributed by atoms with Crippen LogP contribution in [-0.2, 0) is 13.2 Å². The second-order valence-electron chi connectivity index (χ2n) is 8.25. The van der Waals surface area contributed by atoms with E-state index in [4.69, 9.17) is 4.74 Å². The van der Waals surface area contributed by atoms with Gasteiger partial charge in [-0.15, -0.1) is 0 Å². The second kappa shape index (κ2) is 9.41. The van der Waals surface area contributed by atoms with Crippen molar-refractivity contribution in [1.82, 2.24) is 10.3 Å². The zero-order chi connectivity index (χ0) is 20.8. The maximum absolute atomic E-state index is 9.73. The van der Waals surface area contributed by atoms with Crippen LogP contribution < -0.4 is 10.1 Å². The zero-order valence-electron chi connectivity index (χ0n) is 17.6. The van der Waals surface area contributed by atoms with Gasteiger partial charge in [0.2, 0.25) is 5.88 Å². The fraction of sp³-hybridized carbons (Fsp3) is 0.346. The van der Waals surface area contributed by atoms with Crippen LogP contribution >= 0.6 is 0 Å². The zero-order valence-corrected chi connectivity index (χ0v) is 17.6. The molecule has 0 spiro atoms. The molecule has 4 nitrogen and oxygen atoms in total. The molecule has 4 heteroatoms. The predicted molar refractivity (Wildman–Crippen MR) is 120 cm³/mol. The van der Waals surface area contributed by atoms with Crippen molar-refractivity contribution in [2.45, 2.75) is 51.3 Å². The van der Waals surface area contributed by atoms with Crippen LogP contribution in [-0.4, -0.2) is 22.2 Å². The highest BCUT2D eigenvalue weighted by molar-refractivity contribution is 5.68. The van der Waals surface area contributed by atoms with Gasteiger partial charge in [-0.2, -0.15) is 0 Å².